The lowest BCUT2D eigenvalue weighted by Crippen LogP contribution is -2.13. The number of carbonyl (C=O) groups is 1. The molecule has 0 bridgehead atoms. The minimum absolute atomic E-state index is 0.116. The molecule has 0 radical (unpaired) electrons. The van der Waals surface area contributed by atoms with E-state index in [1.54, 1.807) is 0 Å². The van der Waals surface area contributed by atoms with E-state index < -0.39 is 0 Å². The first-order valence-corrected chi connectivity index (χ1v) is 6.62. The van der Waals surface area contributed by atoms with Crippen LogP contribution in [0.1, 0.15) is 58.3 Å². The van der Waals surface area contributed by atoms with Crippen molar-refractivity contribution in [1.29, 1.82) is 0 Å². The van der Waals surface area contributed by atoms with Gasteiger partial charge in [-0.25, -0.2) is 0 Å². The Morgan fingerprint density at radius 1 is 1.38 bits per heavy atom. The van der Waals surface area contributed by atoms with Crippen LogP contribution in [0.5, 0.6) is 0 Å². The maximum atomic E-state index is 10.3. The third-order valence-corrected chi connectivity index (χ3v) is 3.33. The van der Waals surface area contributed by atoms with Crippen LogP contribution in [-0.4, -0.2) is 12.6 Å². The molecule has 0 aromatic rings. The van der Waals surface area contributed by atoms with Crippen LogP contribution >= 0.6 is 0 Å². The van der Waals surface area contributed by atoms with E-state index in [1.807, 2.05) is 0 Å². The summed E-state index contributed by atoms with van der Waals surface area (Å²) in [6.07, 6.45) is 14.3. The van der Waals surface area contributed by atoms with Crippen molar-refractivity contribution in [3.05, 3.63) is 12.2 Å². The van der Waals surface area contributed by atoms with Gasteiger partial charge in [-0.05, 0) is 31.6 Å². The molecule has 1 aliphatic carbocycles. The zero-order valence-corrected chi connectivity index (χ0v) is 10.4. The fourth-order valence-electron chi connectivity index (χ4n) is 2.34. The molecule has 0 heterocycles. The SMILES string of the molecule is CCCCCC1C=CCC(OC=O)CCC1. The molecule has 92 valence electrons. The van der Waals surface area contributed by atoms with Gasteiger partial charge in [-0.15, -0.1) is 0 Å². The number of allylic oxidation sites excluding steroid dienone is 1. The van der Waals surface area contributed by atoms with Gasteiger partial charge in [0.05, 0.1) is 0 Å². The molecule has 0 fully saturated rings. The average Bonchev–Trinajstić information content (AvgIpc) is 2.25. The molecule has 2 unspecified atom stereocenters. The van der Waals surface area contributed by atoms with Gasteiger partial charge < -0.3 is 4.74 Å². The van der Waals surface area contributed by atoms with Crippen LogP contribution < -0.4 is 0 Å². The van der Waals surface area contributed by atoms with Gasteiger partial charge in [-0.1, -0.05) is 38.3 Å². The Kier molecular flexibility index (Phi) is 6.95. The molecular weight excluding hydrogens is 200 g/mol. The summed E-state index contributed by atoms with van der Waals surface area (Å²) < 4.78 is 5.02. The molecule has 0 aromatic carbocycles. The van der Waals surface area contributed by atoms with E-state index >= 15 is 0 Å². The van der Waals surface area contributed by atoms with Crippen molar-refractivity contribution in [2.24, 2.45) is 5.92 Å². The second-order valence-electron chi connectivity index (χ2n) is 4.70. The topological polar surface area (TPSA) is 26.3 Å². The summed E-state index contributed by atoms with van der Waals surface area (Å²) in [5, 5.41) is 0. The predicted molar refractivity (Wildman–Crippen MR) is 66.2 cm³/mol. The van der Waals surface area contributed by atoms with E-state index in [1.165, 1.54) is 38.5 Å². The third-order valence-electron chi connectivity index (χ3n) is 3.33. The highest BCUT2D eigenvalue weighted by atomic mass is 16.5. The minimum atomic E-state index is 0.116. The van der Waals surface area contributed by atoms with Crippen molar-refractivity contribution in [2.45, 2.75) is 64.4 Å². The first-order chi connectivity index (χ1) is 7.86. The monoisotopic (exact) mass is 224 g/mol. The van der Waals surface area contributed by atoms with Crippen LogP contribution in [0.3, 0.4) is 0 Å². The summed E-state index contributed by atoms with van der Waals surface area (Å²) >= 11 is 0. The maximum Gasteiger partial charge on any atom is 0.293 e. The Labute approximate surface area is 99.1 Å². The molecule has 0 saturated heterocycles. The second kappa shape index (κ2) is 8.37. The normalized spacial score (nSPS) is 25.8. The average molecular weight is 224 g/mol. The lowest BCUT2D eigenvalue weighted by atomic mass is 9.91. The van der Waals surface area contributed by atoms with Gasteiger partial charge in [0.2, 0.25) is 0 Å². The number of carbonyl (C=O) groups excluding carboxylic acids is 1. The maximum absolute atomic E-state index is 10.3. The summed E-state index contributed by atoms with van der Waals surface area (Å²) in [5.74, 6) is 0.753. The van der Waals surface area contributed by atoms with Gasteiger partial charge in [0.15, 0.2) is 0 Å². The Morgan fingerprint density at radius 3 is 3.00 bits per heavy atom. The Bertz CT molecular complexity index is 211. The van der Waals surface area contributed by atoms with Crippen molar-refractivity contribution in [3.8, 4) is 0 Å². The first-order valence-electron chi connectivity index (χ1n) is 6.62. The highest BCUT2D eigenvalue weighted by molar-refractivity contribution is 5.37. The van der Waals surface area contributed by atoms with E-state index in [9.17, 15) is 4.79 Å². The van der Waals surface area contributed by atoms with Crippen molar-refractivity contribution >= 4 is 6.47 Å². The van der Waals surface area contributed by atoms with Crippen LogP contribution in [-0.2, 0) is 9.53 Å². The number of hydrogen-bond donors (Lipinski definition) is 0. The van der Waals surface area contributed by atoms with Crippen molar-refractivity contribution in [1.82, 2.24) is 0 Å². The van der Waals surface area contributed by atoms with Gasteiger partial charge >= 0.3 is 0 Å². The van der Waals surface area contributed by atoms with E-state index in [4.69, 9.17) is 4.74 Å². The molecule has 2 heteroatoms. The molecule has 16 heavy (non-hydrogen) atoms. The Morgan fingerprint density at radius 2 is 2.25 bits per heavy atom. The van der Waals surface area contributed by atoms with Gasteiger partial charge in [-0.2, -0.15) is 0 Å². The molecule has 0 aliphatic heterocycles. The van der Waals surface area contributed by atoms with Crippen molar-refractivity contribution < 1.29 is 9.53 Å². The fraction of sp³-hybridized carbons (Fsp3) is 0.786. The van der Waals surface area contributed by atoms with Gasteiger partial charge in [0, 0.05) is 6.42 Å². The molecule has 2 nitrogen and oxygen atoms in total. The molecule has 0 saturated carbocycles. The van der Waals surface area contributed by atoms with E-state index in [0.717, 1.165) is 18.8 Å². The molecule has 0 N–H and O–H groups in total. The minimum Gasteiger partial charge on any atom is -0.464 e. The summed E-state index contributed by atoms with van der Waals surface area (Å²) in [5.41, 5.74) is 0. The number of hydrogen-bond acceptors (Lipinski definition) is 2. The molecule has 2 atom stereocenters. The fourth-order valence-corrected chi connectivity index (χ4v) is 2.34. The standard InChI is InChI=1S/C14H24O2/c1-2-3-4-7-13-8-5-10-14(16-12-15)11-6-9-13/h5,8,12-14H,2-4,6-7,9-11H2,1H3. The lowest BCUT2D eigenvalue weighted by Gasteiger charge is -2.19. The highest BCUT2D eigenvalue weighted by Crippen LogP contribution is 2.23. The van der Waals surface area contributed by atoms with Gasteiger partial charge in [-0.3, -0.25) is 4.79 Å². The quantitative estimate of drug-likeness (QED) is 0.389. The van der Waals surface area contributed by atoms with Crippen LogP contribution in [0.15, 0.2) is 12.2 Å². The van der Waals surface area contributed by atoms with Crippen LogP contribution in [0.2, 0.25) is 0 Å². The smallest absolute Gasteiger partial charge is 0.293 e. The lowest BCUT2D eigenvalue weighted by molar-refractivity contribution is -0.133. The van der Waals surface area contributed by atoms with E-state index in [0.29, 0.717) is 6.47 Å². The van der Waals surface area contributed by atoms with Gasteiger partial charge in [0.1, 0.15) is 6.10 Å². The molecule has 0 amide bonds. The third kappa shape index (κ3) is 5.34. The number of ether oxygens (including phenoxy) is 1. The summed E-state index contributed by atoms with van der Waals surface area (Å²) in [4.78, 5) is 10.3. The number of rotatable bonds is 6. The largest absolute Gasteiger partial charge is 0.464 e. The van der Waals surface area contributed by atoms with Crippen molar-refractivity contribution in [3.63, 3.8) is 0 Å². The highest BCUT2D eigenvalue weighted by Gasteiger charge is 2.13. The van der Waals surface area contributed by atoms with E-state index in [2.05, 4.69) is 19.1 Å². The summed E-state index contributed by atoms with van der Waals surface area (Å²) in [6.45, 7) is 2.83. The Hall–Kier alpha value is -0.790. The molecule has 0 spiro atoms. The zero-order chi connectivity index (χ0) is 11.6. The van der Waals surface area contributed by atoms with Crippen molar-refractivity contribution in [2.75, 3.05) is 0 Å². The number of unbranched alkanes of at least 4 members (excludes halogenated alkanes) is 2. The van der Waals surface area contributed by atoms with Gasteiger partial charge in [0.25, 0.3) is 6.47 Å². The zero-order valence-electron chi connectivity index (χ0n) is 10.4. The molecule has 0 aromatic heterocycles. The summed E-state index contributed by atoms with van der Waals surface area (Å²) in [6, 6.07) is 0. The first kappa shape index (κ1) is 13.3. The predicted octanol–water partition coefficient (Wildman–Crippen LogP) is 3.85. The molecular formula is C14H24O2. The second-order valence-corrected chi connectivity index (χ2v) is 4.70. The Balaban J connectivity index is 2.27. The van der Waals surface area contributed by atoms with E-state index in [-0.39, 0.29) is 6.10 Å². The molecule has 1 aliphatic rings. The van der Waals surface area contributed by atoms with Crippen LogP contribution in [0, 0.1) is 5.92 Å². The summed E-state index contributed by atoms with van der Waals surface area (Å²) in [7, 11) is 0. The molecule has 1 rings (SSSR count). The van der Waals surface area contributed by atoms with Crippen LogP contribution in [0.4, 0.5) is 0 Å². The van der Waals surface area contributed by atoms with Crippen LogP contribution in [0.25, 0.3) is 0 Å².